The van der Waals surface area contributed by atoms with Crippen molar-refractivity contribution < 1.29 is 9.13 Å². The molecule has 0 amide bonds. The molecule has 0 aliphatic carbocycles. The number of methoxy groups -OCH3 is 1. The molecule has 0 saturated heterocycles. The van der Waals surface area contributed by atoms with Crippen molar-refractivity contribution >= 4 is 0 Å². The van der Waals surface area contributed by atoms with Crippen LogP contribution in [0.1, 0.15) is 65.5 Å². The maximum Gasteiger partial charge on any atom is 0.131 e. The molecule has 26 heavy (non-hydrogen) atoms. The van der Waals surface area contributed by atoms with E-state index in [0.717, 1.165) is 31.2 Å². The van der Waals surface area contributed by atoms with Crippen molar-refractivity contribution in [1.82, 2.24) is 0 Å². The van der Waals surface area contributed by atoms with Crippen molar-refractivity contribution in [3.63, 3.8) is 0 Å². The van der Waals surface area contributed by atoms with E-state index in [1.54, 1.807) is 19.2 Å². The fourth-order valence-corrected chi connectivity index (χ4v) is 3.39. The van der Waals surface area contributed by atoms with Crippen molar-refractivity contribution in [2.45, 2.75) is 67.2 Å². The third-order valence-corrected chi connectivity index (χ3v) is 4.64. The fourth-order valence-electron chi connectivity index (χ4n) is 3.39. The Hall–Kier alpha value is -1.83. The Morgan fingerprint density at radius 2 is 1.65 bits per heavy atom. The fraction of sp³-hybridized carbons (Fsp3) is 0.500. The predicted molar refractivity (Wildman–Crippen MR) is 112 cm³/mol. The molecule has 0 bridgehead atoms. The first-order valence-electron chi connectivity index (χ1n) is 9.86. The van der Waals surface area contributed by atoms with Crippen molar-refractivity contribution in [1.29, 1.82) is 0 Å². The first kappa shape index (κ1) is 22.2. The Bertz CT molecular complexity index is 689. The normalized spacial score (nSPS) is 10.9. The second kappa shape index (κ2) is 10.4. The largest absolute Gasteiger partial charge is 0.497 e. The number of aryl methyl sites for hydroxylation is 1. The summed E-state index contributed by atoms with van der Waals surface area (Å²) >= 11 is 0. The van der Waals surface area contributed by atoms with E-state index in [1.165, 1.54) is 17.2 Å². The highest BCUT2D eigenvalue weighted by Gasteiger charge is 2.21. The van der Waals surface area contributed by atoms with E-state index in [-0.39, 0.29) is 11.2 Å². The number of hydrogen-bond donors (Lipinski definition) is 0. The van der Waals surface area contributed by atoms with Crippen LogP contribution in [0.3, 0.4) is 0 Å². The van der Waals surface area contributed by atoms with Gasteiger partial charge in [0.1, 0.15) is 11.6 Å². The van der Waals surface area contributed by atoms with Gasteiger partial charge in [0.2, 0.25) is 0 Å². The average Bonchev–Trinajstić information content (AvgIpc) is 2.63. The molecule has 0 spiro atoms. The van der Waals surface area contributed by atoms with Crippen LogP contribution in [0.4, 0.5) is 4.39 Å². The van der Waals surface area contributed by atoms with Crippen LogP contribution in [-0.4, -0.2) is 7.11 Å². The quantitative estimate of drug-likeness (QED) is 0.499. The molecule has 0 fully saturated rings. The maximum absolute atomic E-state index is 14.5. The van der Waals surface area contributed by atoms with Crippen LogP contribution in [0.25, 0.3) is 11.1 Å². The minimum absolute atomic E-state index is 0.199. The van der Waals surface area contributed by atoms with E-state index in [4.69, 9.17) is 4.74 Å². The Kier molecular flexibility index (Phi) is 8.84. The van der Waals surface area contributed by atoms with Crippen LogP contribution in [-0.2, 0) is 12.8 Å². The molecule has 2 aromatic carbocycles. The number of rotatable bonds is 7. The molecule has 2 aromatic rings. The first-order valence-corrected chi connectivity index (χ1v) is 9.86. The van der Waals surface area contributed by atoms with Gasteiger partial charge in [-0.3, -0.25) is 0 Å². The molecular formula is C24H35FO. The maximum atomic E-state index is 14.5. The lowest BCUT2D eigenvalue weighted by Gasteiger charge is -2.26. The minimum Gasteiger partial charge on any atom is -0.497 e. The van der Waals surface area contributed by atoms with Gasteiger partial charge in [-0.25, -0.2) is 4.39 Å². The van der Waals surface area contributed by atoms with E-state index >= 15 is 0 Å². The summed E-state index contributed by atoms with van der Waals surface area (Å²) in [6.45, 7) is 13.0. The summed E-state index contributed by atoms with van der Waals surface area (Å²) in [5.41, 5.74) is 4.32. The van der Waals surface area contributed by atoms with Crippen molar-refractivity contribution in [2.24, 2.45) is 5.41 Å². The minimum atomic E-state index is -0.199. The van der Waals surface area contributed by atoms with Gasteiger partial charge in [-0.15, -0.1) is 0 Å². The molecule has 0 aromatic heterocycles. The van der Waals surface area contributed by atoms with E-state index in [1.807, 2.05) is 13.8 Å². The highest BCUT2D eigenvalue weighted by Crippen LogP contribution is 2.35. The van der Waals surface area contributed by atoms with Gasteiger partial charge in [-0.05, 0) is 59.6 Å². The third kappa shape index (κ3) is 5.86. The second-order valence-electron chi connectivity index (χ2n) is 7.28. The van der Waals surface area contributed by atoms with Gasteiger partial charge in [0.25, 0.3) is 0 Å². The SMILES string of the molecule is CC.CCCC(C)(C)Cc1cc(CC)ccc1-c1cc(OC)ccc1F. The molecule has 0 radical (unpaired) electrons. The first-order chi connectivity index (χ1) is 12.4. The van der Waals surface area contributed by atoms with Crippen molar-refractivity contribution in [3.8, 4) is 16.9 Å². The molecule has 0 saturated carbocycles. The lowest BCUT2D eigenvalue weighted by Crippen LogP contribution is -2.15. The summed E-state index contributed by atoms with van der Waals surface area (Å²) in [6, 6.07) is 11.4. The Morgan fingerprint density at radius 3 is 2.23 bits per heavy atom. The highest BCUT2D eigenvalue weighted by atomic mass is 19.1. The van der Waals surface area contributed by atoms with Crippen LogP contribution in [0.15, 0.2) is 36.4 Å². The second-order valence-corrected chi connectivity index (χ2v) is 7.28. The van der Waals surface area contributed by atoms with Crippen LogP contribution in [0, 0.1) is 11.2 Å². The smallest absolute Gasteiger partial charge is 0.131 e. The van der Waals surface area contributed by atoms with Crippen LogP contribution < -0.4 is 4.74 Å². The zero-order chi connectivity index (χ0) is 19.7. The Labute approximate surface area is 159 Å². The topological polar surface area (TPSA) is 9.23 Å². The van der Waals surface area contributed by atoms with Gasteiger partial charge >= 0.3 is 0 Å². The van der Waals surface area contributed by atoms with Gasteiger partial charge in [0, 0.05) is 5.56 Å². The molecule has 144 valence electrons. The molecular weight excluding hydrogens is 323 g/mol. The molecule has 0 unspecified atom stereocenters. The average molecular weight is 359 g/mol. The summed E-state index contributed by atoms with van der Waals surface area (Å²) in [5.74, 6) is 0.485. The zero-order valence-corrected chi connectivity index (χ0v) is 17.6. The van der Waals surface area contributed by atoms with Gasteiger partial charge in [0.15, 0.2) is 0 Å². The lowest BCUT2D eigenvalue weighted by molar-refractivity contribution is 0.329. The lowest BCUT2D eigenvalue weighted by atomic mass is 9.79. The van der Waals surface area contributed by atoms with Gasteiger partial charge < -0.3 is 4.74 Å². The number of halogens is 1. The molecule has 0 atom stereocenters. The highest BCUT2D eigenvalue weighted by molar-refractivity contribution is 5.70. The standard InChI is InChI=1S/C22H29FO.C2H6/c1-6-12-22(3,4)15-17-13-16(7-2)8-10-19(17)20-14-18(24-5)9-11-21(20)23;1-2/h8-11,13-14H,6-7,12,15H2,1-5H3;1-2H3. The molecule has 0 N–H and O–H groups in total. The summed E-state index contributed by atoms with van der Waals surface area (Å²) in [6.07, 6.45) is 4.25. The molecule has 0 heterocycles. The van der Waals surface area contributed by atoms with E-state index < -0.39 is 0 Å². The summed E-state index contributed by atoms with van der Waals surface area (Å²) in [4.78, 5) is 0. The summed E-state index contributed by atoms with van der Waals surface area (Å²) in [5, 5.41) is 0. The summed E-state index contributed by atoms with van der Waals surface area (Å²) in [7, 11) is 1.61. The molecule has 2 heteroatoms. The number of hydrogen-bond acceptors (Lipinski definition) is 1. The van der Waals surface area contributed by atoms with Crippen LogP contribution in [0.5, 0.6) is 5.75 Å². The van der Waals surface area contributed by atoms with Gasteiger partial charge in [-0.1, -0.05) is 66.2 Å². The Morgan fingerprint density at radius 1 is 0.962 bits per heavy atom. The van der Waals surface area contributed by atoms with E-state index in [2.05, 4.69) is 45.9 Å². The van der Waals surface area contributed by atoms with Crippen molar-refractivity contribution in [2.75, 3.05) is 7.11 Å². The third-order valence-electron chi connectivity index (χ3n) is 4.64. The van der Waals surface area contributed by atoms with Crippen molar-refractivity contribution in [3.05, 3.63) is 53.3 Å². The zero-order valence-electron chi connectivity index (χ0n) is 17.6. The monoisotopic (exact) mass is 358 g/mol. The van der Waals surface area contributed by atoms with Crippen LogP contribution >= 0.6 is 0 Å². The molecule has 2 rings (SSSR count). The molecule has 0 aliphatic rings. The number of benzene rings is 2. The predicted octanol–water partition coefficient (Wildman–Crippen LogP) is 7.46. The Balaban J connectivity index is 0.00000163. The van der Waals surface area contributed by atoms with Gasteiger partial charge in [0.05, 0.1) is 7.11 Å². The molecule has 1 nitrogen and oxygen atoms in total. The number of ether oxygens (including phenoxy) is 1. The van der Waals surface area contributed by atoms with Crippen LogP contribution in [0.2, 0.25) is 0 Å². The van der Waals surface area contributed by atoms with Gasteiger partial charge in [-0.2, -0.15) is 0 Å². The summed E-state index contributed by atoms with van der Waals surface area (Å²) < 4.78 is 19.8. The van der Waals surface area contributed by atoms with E-state index in [9.17, 15) is 4.39 Å². The molecule has 0 aliphatic heterocycles. The van der Waals surface area contributed by atoms with E-state index in [0.29, 0.717) is 11.3 Å².